The first-order valence-electron chi connectivity index (χ1n) is 8.66. The van der Waals surface area contributed by atoms with Gasteiger partial charge in [-0.25, -0.2) is 0 Å². The lowest BCUT2D eigenvalue weighted by molar-refractivity contribution is -0.133. The summed E-state index contributed by atoms with van der Waals surface area (Å²) in [6, 6.07) is 15.0. The van der Waals surface area contributed by atoms with Gasteiger partial charge in [0.05, 0.1) is 0 Å². The van der Waals surface area contributed by atoms with E-state index >= 15 is 0 Å². The van der Waals surface area contributed by atoms with Gasteiger partial charge in [0.25, 0.3) is 0 Å². The second kappa shape index (κ2) is 7.83. The van der Waals surface area contributed by atoms with Crippen molar-refractivity contribution in [3.8, 4) is 0 Å². The third-order valence-corrected chi connectivity index (χ3v) is 4.45. The molecule has 0 spiro atoms. The van der Waals surface area contributed by atoms with Gasteiger partial charge in [0.2, 0.25) is 0 Å². The van der Waals surface area contributed by atoms with Gasteiger partial charge in [0.1, 0.15) is 0 Å². The maximum Gasteiger partial charge on any atom is 0.314 e. The molecular formula is C20H23N3O2. The minimum absolute atomic E-state index is 0.616. The molecule has 130 valence electrons. The molecule has 2 amide bonds. The number of nitrogens with one attached hydrogen (secondary N) is 2. The van der Waals surface area contributed by atoms with Crippen molar-refractivity contribution in [1.82, 2.24) is 0 Å². The molecule has 1 aliphatic heterocycles. The summed E-state index contributed by atoms with van der Waals surface area (Å²) in [6.45, 7) is 4.03. The maximum absolute atomic E-state index is 12.1. The molecule has 3 rings (SSSR count). The molecule has 1 saturated heterocycles. The van der Waals surface area contributed by atoms with Crippen molar-refractivity contribution < 1.29 is 9.59 Å². The van der Waals surface area contributed by atoms with E-state index in [2.05, 4.69) is 15.5 Å². The Hall–Kier alpha value is -2.82. The highest BCUT2D eigenvalue weighted by atomic mass is 16.2. The monoisotopic (exact) mass is 337 g/mol. The topological polar surface area (TPSA) is 61.4 Å². The molecule has 5 heteroatoms. The molecule has 1 heterocycles. The van der Waals surface area contributed by atoms with Crippen molar-refractivity contribution in [3.05, 3.63) is 54.1 Å². The maximum atomic E-state index is 12.1. The van der Waals surface area contributed by atoms with Crippen LogP contribution in [0.5, 0.6) is 0 Å². The van der Waals surface area contributed by atoms with Crippen molar-refractivity contribution in [2.24, 2.45) is 0 Å². The molecule has 0 saturated carbocycles. The molecule has 2 aromatic rings. The molecule has 0 aromatic heterocycles. The highest BCUT2D eigenvalue weighted by molar-refractivity contribution is 6.43. The normalized spacial score (nSPS) is 14.0. The number of carbonyl (C=O) groups is 2. The Bertz CT molecular complexity index is 750. The van der Waals surface area contributed by atoms with Crippen molar-refractivity contribution in [3.63, 3.8) is 0 Å². The Morgan fingerprint density at radius 2 is 1.48 bits per heavy atom. The third kappa shape index (κ3) is 4.38. The Labute approximate surface area is 148 Å². The van der Waals surface area contributed by atoms with Crippen LogP contribution in [0, 0.1) is 6.92 Å². The number of carbonyl (C=O) groups excluding carboxylic acids is 2. The summed E-state index contributed by atoms with van der Waals surface area (Å²) >= 11 is 0. The van der Waals surface area contributed by atoms with E-state index < -0.39 is 11.8 Å². The van der Waals surface area contributed by atoms with Crippen LogP contribution >= 0.6 is 0 Å². The van der Waals surface area contributed by atoms with Crippen molar-refractivity contribution in [2.75, 3.05) is 28.6 Å². The minimum atomic E-state index is -0.672. The number of hydrogen-bond donors (Lipinski definition) is 2. The van der Waals surface area contributed by atoms with Gasteiger partial charge in [-0.15, -0.1) is 0 Å². The lowest BCUT2D eigenvalue weighted by Crippen LogP contribution is -2.30. The molecule has 2 N–H and O–H groups in total. The fraction of sp³-hybridized carbons (Fsp3) is 0.300. The van der Waals surface area contributed by atoms with Gasteiger partial charge in [0, 0.05) is 30.2 Å². The fourth-order valence-corrected chi connectivity index (χ4v) is 2.99. The number of benzene rings is 2. The van der Waals surface area contributed by atoms with E-state index in [1.54, 1.807) is 6.07 Å². The van der Waals surface area contributed by atoms with Crippen LogP contribution in [0.3, 0.4) is 0 Å². The molecular weight excluding hydrogens is 314 g/mol. The quantitative estimate of drug-likeness (QED) is 0.842. The summed E-state index contributed by atoms with van der Waals surface area (Å²) in [5.41, 5.74) is 3.32. The molecule has 0 aliphatic carbocycles. The van der Waals surface area contributed by atoms with Crippen molar-refractivity contribution in [2.45, 2.75) is 26.2 Å². The van der Waals surface area contributed by atoms with Gasteiger partial charge in [-0.3, -0.25) is 9.59 Å². The average Bonchev–Trinajstić information content (AvgIpc) is 2.65. The number of nitrogens with zero attached hydrogens (tertiary/aromatic N) is 1. The molecule has 0 unspecified atom stereocenters. The van der Waals surface area contributed by atoms with E-state index in [-0.39, 0.29) is 0 Å². The smallest absolute Gasteiger partial charge is 0.314 e. The first-order valence-corrected chi connectivity index (χ1v) is 8.66. The van der Waals surface area contributed by atoms with Gasteiger partial charge >= 0.3 is 11.8 Å². The first-order chi connectivity index (χ1) is 12.1. The first kappa shape index (κ1) is 17.0. The van der Waals surface area contributed by atoms with Gasteiger partial charge in [-0.1, -0.05) is 18.2 Å². The largest absolute Gasteiger partial charge is 0.372 e. The molecule has 5 nitrogen and oxygen atoms in total. The van der Waals surface area contributed by atoms with E-state index in [1.165, 1.54) is 19.3 Å². The number of aryl methyl sites for hydroxylation is 1. The summed E-state index contributed by atoms with van der Waals surface area (Å²) < 4.78 is 0. The van der Waals surface area contributed by atoms with Gasteiger partial charge in [-0.05, 0) is 62.1 Å². The average molecular weight is 337 g/mol. The van der Waals surface area contributed by atoms with Gasteiger partial charge < -0.3 is 15.5 Å². The van der Waals surface area contributed by atoms with Crippen LogP contribution < -0.4 is 15.5 Å². The third-order valence-electron chi connectivity index (χ3n) is 4.45. The predicted molar refractivity (Wildman–Crippen MR) is 101 cm³/mol. The van der Waals surface area contributed by atoms with Crippen molar-refractivity contribution in [1.29, 1.82) is 0 Å². The number of amides is 2. The Morgan fingerprint density at radius 1 is 0.840 bits per heavy atom. The second-order valence-corrected chi connectivity index (χ2v) is 6.32. The Kier molecular flexibility index (Phi) is 5.33. The molecule has 1 aliphatic rings. The summed E-state index contributed by atoms with van der Waals surface area (Å²) in [7, 11) is 0. The van der Waals surface area contributed by atoms with Crippen molar-refractivity contribution >= 4 is 28.9 Å². The van der Waals surface area contributed by atoms with Gasteiger partial charge in [0.15, 0.2) is 0 Å². The molecule has 0 atom stereocenters. The number of anilines is 3. The van der Waals surface area contributed by atoms with E-state index in [9.17, 15) is 9.59 Å². The molecule has 2 aromatic carbocycles. The number of hydrogen-bond acceptors (Lipinski definition) is 3. The summed E-state index contributed by atoms with van der Waals surface area (Å²) in [6.07, 6.45) is 3.73. The Morgan fingerprint density at radius 3 is 2.16 bits per heavy atom. The SMILES string of the molecule is Cc1ccccc1NC(=O)C(=O)Nc1ccc(N2CCCCC2)cc1. The van der Waals surface area contributed by atoms with Crippen LogP contribution in [-0.2, 0) is 9.59 Å². The standard InChI is InChI=1S/C20H23N3O2/c1-15-7-3-4-8-18(15)22-20(25)19(24)21-16-9-11-17(12-10-16)23-13-5-2-6-14-23/h3-4,7-12H,2,5-6,13-14H2,1H3,(H,21,24)(H,22,25). The molecule has 1 fully saturated rings. The van der Waals surface area contributed by atoms with Crippen LogP contribution in [0.15, 0.2) is 48.5 Å². The Balaban J connectivity index is 1.58. The number of piperidine rings is 1. The van der Waals surface area contributed by atoms with Crippen LogP contribution in [0.4, 0.5) is 17.1 Å². The van der Waals surface area contributed by atoms with E-state index in [1.807, 2.05) is 49.4 Å². The summed E-state index contributed by atoms with van der Waals surface area (Å²) in [4.78, 5) is 26.5. The fourth-order valence-electron chi connectivity index (χ4n) is 2.99. The lowest BCUT2D eigenvalue weighted by Gasteiger charge is -2.28. The van der Waals surface area contributed by atoms with E-state index in [0.29, 0.717) is 11.4 Å². The highest BCUT2D eigenvalue weighted by Gasteiger charge is 2.15. The minimum Gasteiger partial charge on any atom is -0.372 e. The zero-order chi connectivity index (χ0) is 17.6. The lowest BCUT2D eigenvalue weighted by atomic mass is 10.1. The molecule has 0 radical (unpaired) electrons. The predicted octanol–water partition coefficient (Wildman–Crippen LogP) is 3.56. The van der Waals surface area contributed by atoms with E-state index in [4.69, 9.17) is 0 Å². The summed E-state index contributed by atoms with van der Waals surface area (Å²) in [5.74, 6) is -1.34. The van der Waals surface area contributed by atoms with E-state index in [0.717, 1.165) is 24.3 Å². The molecule has 25 heavy (non-hydrogen) atoms. The second-order valence-electron chi connectivity index (χ2n) is 6.32. The number of para-hydroxylation sites is 1. The zero-order valence-electron chi connectivity index (χ0n) is 14.4. The molecule has 0 bridgehead atoms. The summed E-state index contributed by atoms with van der Waals surface area (Å²) in [5, 5.41) is 5.28. The van der Waals surface area contributed by atoms with Crippen LogP contribution in [0.2, 0.25) is 0 Å². The van der Waals surface area contributed by atoms with Crippen LogP contribution in [-0.4, -0.2) is 24.9 Å². The van der Waals surface area contributed by atoms with Crippen LogP contribution in [0.25, 0.3) is 0 Å². The highest BCUT2D eigenvalue weighted by Crippen LogP contribution is 2.22. The zero-order valence-corrected chi connectivity index (χ0v) is 14.4. The van der Waals surface area contributed by atoms with Crippen LogP contribution in [0.1, 0.15) is 24.8 Å². The van der Waals surface area contributed by atoms with Gasteiger partial charge in [-0.2, -0.15) is 0 Å². The number of rotatable bonds is 3.